The Kier molecular flexibility index (Phi) is 7.53. The minimum absolute atomic E-state index is 0.0399. The van der Waals surface area contributed by atoms with E-state index in [0.717, 1.165) is 28.8 Å². The first-order valence-electron chi connectivity index (χ1n) is 12.5. The molecule has 3 N–H and O–H groups in total. The summed E-state index contributed by atoms with van der Waals surface area (Å²) < 4.78 is 47.4. The maximum absolute atomic E-state index is 14.9. The van der Waals surface area contributed by atoms with E-state index in [1.54, 1.807) is 17.1 Å². The van der Waals surface area contributed by atoms with Crippen molar-refractivity contribution < 1.29 is 22.3 Å². The van der Waals surface area contributed by atoms with E-state index in [2.05, 4.69) is 30.4 Å². The number of halogens is 1. The molecule has 5 aromatic rings. The lowest BCUT2D eigenvalue weighted by Crippen LogP contribution is -2.20. The Labute approximate surface area is 235 Å². The predicted octanol–water partition coefficient (Wildman–Crippen LogP) is 6.02. The summed E-state index contributed by atoms with van der Waals surface area (Å²) in [4.78, 5) is 21.2. The number of benzene rings is 2. The van der Waals surface area contributed by atoms with Crippen molar-refractivity contribution in [3.05, 3.63) is 85.1 Å². The lowest BCUT2D eigenvalue weighted by atomic mass is 10.1. The number of urea groups is 1. The molecule has 3 aromatic heterocycles. The van der Waals surface area contributed by atoms with Crippen LogP contribution in [0.4, 0.5) is 26.4 Å². The number of anilines is 3. The van der Waals surface area contributed by atoms with Gasteiger partial charge in [0.05, 0.1) is 23.1 Å². The van der Waals surface area contributed by atoms with Crippen molar-refractivity contribution in [3.63, 3.8) is 0 Å². The molecular weight excluding hydrogens is 549 g/mol. The molecule has 11 nitrogen and oxygen atoms in total. The second-order valence-corrected chi connectivity index (χ2v) is 11.2. The molecule has 0 saturated carbocycles. The highest BCUT2D eigenvalue weighted by atomic mass is 32.2. The van der Waals surface area contributed by atoms with Gasteiger partial charge in [-0.1, -0.05) is 12.1 Å². The maximum atomic E-state index is 14.9. The molecule has 13 heteroatoms. The fourth-order valence-corrected chi connectivity index (χ4v) is 4.47. The fraction of sp³-hybridized carbons (Fsp3) is 0.143. The number of hydrogen-bond donors (Lipinski definition) is 3. The first-order valence-corrected chi connectivity index (χ1v) is 14.4. The number of carbonyl (C=O) groups excluding carboxylic acids is 1. The largest absolute Gasteiger partial charge is 0.457 e. The summed E-state index contributed by atoms with van der Waals surface area (Å²) in [6.07, 6.45) is 5.79. The van der Waals surface area contributed by atoms with Crippen LogP contribution in [0.2, 0.25) is 0 Å². The van der Waals surface area contributed by atoms with Gasteiger partial charge in [-0.25, -0.2) is 22.6 Å². The molecule has 0 saturated heterocycles. The highest BCUT2D eigenvalue weighted by Gasteiger charge is 2.17. The Bertz CT molecular complexity index is 1860. The minimum atomic E-state index is -3.53. The number of fused-ring (bicyclic) bond motifs is 1. The van der Waals surface area contributed by atoms with Gasteiger partial charge in [0.2, 0.25) is 10.0 Å². The molecular formula is C28H26FN7O4S. The van der Waals surface area contributed by atoms with Crippen LogP contribution in [0.5, 0.6) is 11.5 Å². The van der Waals surface area contributed by atoms with Crippen LogP contribution in [0, 0.1) is 5.82 Å². The molecule has 0 radical (unpaired) electrons. The smallest absolute Gasteiger partial charge is 0.323 e. The zero-order valence-electron chi connectivity index (χ0n) is 22.3. The number of nitrogens with one attached hydrogen (secondary N) is 3. The summed E-state index contributed by atoms with van der Waals surface area (Å²) in [5.74, 6) is -0.304. The normalized spacial score (nSPS) is 11.4. The zero-order chi connectivity index (χ0) is 29.1. The van der Waals surface area contributed by atoms with Crippen molar-refractivity contribution in [2.75, 3.05) is 21.6 Å². The zero-order valence-corrected chi connectivity index (χ0v) is 23.1. The first-order chi connectivity index (χ1) is 19.5. The molecule has 0 atom stereocenters. The van der Waals surface area contributed by atoms with E-state index < -0.39 is 21.9 Å². The number of rotatable bonds is 8. The summed E-state index contributed by atoms with van der Waals surface area (Å²) in [7, 11) is -3.53. The molecule has 0 bridgehead atoms. The third kappa shape index (κ3) is 6.76. The Hall–Kier alpha value is -5.04. The summed E-state index contributed by atoms with van der Waals surface area (Å²) in [5, 5.41) is 10.9. The Morgan fingerprint density at radius 2 is 1.73 bits per heavy atom. The number of nitrogens with zero attached hydrogens (tertiary/aromatic N) is 4. The number of carbonyl (C=O) groups is 1. The van der Waals surface area contributed by atoms with Gasteiger partial charge in [0, 0.05) is 47.7 Å². The number of sulfonamides is 1. The van der Waals surface area contributed by atoms with Crippen molar-refractivity contribution in [2.45, 2.75) is 19.9 Å². The third-order valence-electron chi connectivity index (χ3n) is 5.83. The minimum Gasteiger partial charge on any atom is -0.457 e. The van der Waals surface area contributed by atoms with Gasteiger partial charge >= 0.3 is 6.03 Å². The average molecular weight is 576 g/mol. The molecule has 3 heterocycles. The second kappa shape index (κ2) is 11.2. The molecule has 0 fully saturated rings. The predicted molar refractivity (Wildman–Crippen MR) is 155 cm³/mol. The molecule has 0 aliphatic carbocycles. The van der Waals surface area contributed by atoms with Crippen molar-refractivity contribution >= 4 is 44.1 Å². The van der Waals surface area contributed by atoms with Gasteiger partial charge in [0.15, 0.2) is 0 Å². The summed E-state index contributed by atoms with van der Waals surface area (Å²) in [6.45, 7) is 3.94. The van der Waals surface area contributed by atoms with Gasteiger partial charge < -0.3 is 15.4 Å². The van der Waals surface area contributed by atoms with Gasteiger partial charge in [0.25, 0.3) is 0 Å². The summed E-state index contributed by atoms with van der Waals surface area (Å²) in [5.41, 5.74) is 2.57. The van der Waals surface area contributed by atoms with E-state index >= 15 is 0 Å². The number of ether oxygens (including phenoxy) is 1. The van der Waals surface area contributed by atoms with Crippen molar-refractivity contribution in [1.29, 1.82) is 0 Å². The average Bonchev–Trinajstić information content (AvgIpc) is 3.33. The van der Waals surface area contributed by atoms with Gasteiger partial charge in [0.1, 0.15) is 28.8 Å². The van der Waals surface area contributed by atoms with Crippen LogP contribution in [0.15, 0.2) is 79.3 Å². The van der Waals surface area contributed by atoms with E-state index in [4.69, 9.17) is 4.74 Å². The molecule has 0 unspecified atom stereocenters. The van der Waals surface area contributed by atoms with E-state index in [-0.39, 0.29) is 29.0 Å². The molecule has 0 aliphatic rings. The van der Waals surface area contributed by atoms with E-state index in [1.807, 2.05) is 44.2 Å². The van der Waals surface area contributed by atoms with Gasteiger partial charge in [-0.15, -0.1) is 0 Å². The van der Waals surface area contributed by atoms with Gasteiger partial charge in [-0.2, -0.15) is 5.10 Å². The lowest BCUT2D eigenvalue weighted by molar-refractivity contribution is 0.262. The monoisotopic (exact) mass is 575 g/mol. The third-order valence-corrected chi connectivity index (χ3v) is 6.41. The standard InChI is InChI=1S/C28H26FN7O4S/c1-17(2)36-16-25(27(34-36)19-6-8-23-18(13-19)5-4-11-30-23)33-28(37)32-24-9-7-20(14-22(24)29)40-21-10-12-31-26(15-21)35-41(3,38)39/h4-17H,1-3H3,(H,31,35)(H2,32,33,37). The van der Waals surface area contributed by atoms with Crippen LogP contribution in [0.1, 0.15) is 19.9 Å². The molecule has 210 valence electrons. The van der Waals surface area contributed by atoms with E-state index in [9.17, 15) is 17.6 Å². The second-order valence-electron chi connectivity index (χ2n) is 9.45. The number of aromatic nitrogens is 4. The summed E-state index contributed by atoms with van der Waals surface area (Å²) >= 11 is 0. The van der Waals surface area contributed by atoms with Crippen LogP contribution in [0.25, 0.3) is 22.2 Å². The van der Waals surface area contributed by atoms with Crippen molar-refractivity contribution in [3.8, 4) is 22.8 Å². The maximum Gasteiger partial charge on any atom is 0.323 e. The lowest BCUT2D eigenvalue weighted by Gasteiger charge is -2.11. The molecule has 2 amide bonds. The van der Waals surface area contributed by atoms with Crippen LogP contribution in [-0.2, 0) is 10.0 Å². The Balaban J connectivity index is 1.32. The first kappa shape index (κ1) is 27.5. The highest BCUT2D eigenvalue weighted by Crippen LogP contribution is 2.31. The van der Waals surface area contributed by atoms with Crippen molar-refractivity contribution in [1.82, 2.24) is 19.7 Å². The summed E-state index contributed by atoms with van der Waals surface area (Å²) in [6, 6.07) is 15.7. The highest BCUT2D eigenvalue weighted by molar-refractivity contribution is 7.92. The van der Waals surface area contributed by atoms with Gasteiger partial charge in [-0.3, -0.25) is 14.4 Å². The molecule has 5 rings (SSSR count). The van der Waals surface area contributed by atoms with Crippen LogP contribution in [-0.4, -0.2) is 40.5 Å². The SMILES string of the molecule is CC(C)n1cc(NC(=O)Nc2ccc(Oc3ccnc(NS(C)(=O)=O)c3)cc2F)c(-c2ccc3ncccc3c2)n1. The fourth-order valence-electron chi connectivity index (χ4n) is 3.98. The Morgan fingerprint density at radius 1 is 0.951 bits per heavy atom. The van der Waals surface area contributed by atoms with Crippen LogP contribution < -0.4 is 20.1 Å². The van der Waals surface area contributed by atoms with Crippen LogP contribution >= 0.6 is 0 Å². The topological polar surface area (TPSA) is 140 Å². The quantitative estimate of drug-likeness (QED) is 0.205. The molecule has 2 aromatic carbocycles. The van der Waals surface area contributed by atoms with Crippen molar-refractivity contribution in [2.24, 2.45) is 0 Å². The van der Waals surface area contributed by atoms with E-state index in [1.165, 1.54) is 30.5 Å². The van der Waals surface area contributed by atoms with E-state index in [0.29, 0.717) is 11.4 Å². The Morgan fingerprint density at radius 3 is 2.49 bits per heavy atom. The molecule has 41 heavy (non-hydrogen) atoms. The number of hydrogen-bond acceptors (Lipinski definition) is 7. The molecule has 0 aliphatic heterocycles. The number of pyridine rings is 2. The van der Waals surface area contributed by atoms with Crippen LogP contribution in [0.3, 0.4) is 0 Å². The number of amides is 2. The molecule has 0 spiro atoms. The van der Waals surface area contributed by atoms with Gasteiger partial charge in [-0.05, 0) is 50.2 Å².